The van der Waals surface area contributed by atoms with Crippen molar-refractivity contribution in [2.45, 2.75) is 38.9 Å². The molecule has 2 aromatic rings. The molecule has 0 spiro atoms. The van der Waals surface area contributed by atoms with E-state index in [1.807, 2.05) is 23.6 Å². The third-order valence-electron chi connectivity index (χ3n) is 4.04. The molecular formula is C15H18BNO2S. The van der Waals surface area contributed by atoms with Crippen molar-refractivity contribution in [3.05, 3.63) is 35.7 Å². The summed E-state index contributed by atoms with van der Waals surface area (Å²) in [5.41, 5.74) is 1.33. The Kier molecular flexibility index (Phi) is 3.24. The highest BCUT2D eigenvalue weighted by Gasteiger charge is 2.52. The molecule has 1 saturated heterocycles. The topological polar surface area (TPSA) is 31.4 Å². The molecule has 0 amide bonds. The van der Waals surface area contributed by atoms with E-state index in [1.54, 1.807) is 11.3 Å². The zero-order valence-corrected chi connectivity index (χ0v) is 13.0. The molecule has 0 N–H and O–H groups in total. The van der Waals surface area contributed by atoms with Gasteiger partial charge in [0, 0.05) is 10.9 Å². The Labute approximate surface area is 124 Å². The third-order valence-corrected chi connectivity index (χ3v) is 4.95. The maximum atomic E-state index is 6.02. The number of nitrogens with zero attached hydrogens (tertiary/aromatic N) is 1. The molecular weight excluding hydrogens is 269 g/mol. The summed E-state index contributed by atoms with van der Waals surface area (Å²) in [4.78, 5) is 4.66. The van der Waals surface area contributed by atoms with Gasteiger partial charge in [0.1, 0.15) is 5.01 Å². The molecule has 0 bridgehead atoms. The molecule has 1 aliphatic rings. The van der Waals surface area contributed by atoms with Crippen LogP contribution in [0.2, 0.25) is 0 Å². The number of hydrogen-bond donors (Lipinski definition) is 0. The SMILES string of the molecule is CC1(C)OB(c2csc(-c3ccccc3)n2)OC1(C)C. The summed E-state index contributed by atoms with van der Waals surface area (Å²) in [5, 5.41) is 3.01. The lowest BCUT2D eigenvalue weighted by Crippen LogP contribution is -2.41. The number of hydrogen-bond acceptors (Lipinski definition) is 4. The Bertz CT molecular complexity index is 593. The summed E-state index contributed by atoms with van der Waals surface area (Å²) in [6.07, 6.45) is 0. The van der Waals surface area contributed by atoms with Crippen molar-refractivity contribution >= 4 is 24.0 Å². The van der Waals surface area contributed by atoms with Crippen molar-refractivity contribution in [3.8, 4) is 10.6 Å². The van der Waals surface area contributed by atoms with Crippen LogP contribution < -0.4 is 5.59 Å². The molecule has 5 heteroatoms. The van der Waals surface area contributed by atoms with Crippen molar-refractivity contribution in [2.75, 3.05) is 0 Å². The van der Waals surface area contributed by atoms with E-state index in [2.05, 4.69) is 44.8 Å². The van der Waals surface area contributed by atoms with Crippen LogP contribution in [0.15, 0.2) is 35.7 Å². The van der Waals surface area contributed by atoms with Crippen LogP contribution in [0.1, 0.15) is 27.7 Å². The van der Waals surface area contributed by atoms with Gasteiger partial charge < -0.3 is 9.31 Å². The Morgan fingerprint density at radius 2 is 1.60 bits per heavy atom. The zero-order valence-electron chi connectivity index (χ0n) is 12.2. The van der Waals surface area contributed by atoms with Crippen molar-refractivity contribution in [3.63, 3.8) is 0 Å². The summed E-state index contributed by atoms with van der Waals surface area (Å²) >= 11 is 1.62. The first-order valence-corrected chi connectivity index (χ1v) is 7.63. The van der Waals surface area contributed by atoms with E-state index in [0.29, 0.717) is 0 Å². The molecule has 3 nitrogen and oxygen atoms in total. The zero-order chi connectivity index (χ0) is 14.4. The predicted octanol–water partition coefficient (Wildman–Crippen LogP) is 3.11. The molecule has 0 radical (unpaired) electrons. The van der Waals surface area contributed by atoms with Gasteiger partial charge in [-0.25, -0.2) is 4.98 Å². The van der Waals surface area contributed by atoms with Gasteiger partial charge in [-0.05, 0) is 27.7 Å². The minimum atomic E-state index is -0.381. The van der Waals surface area contributed by atoms with Crippen molar-refractivity contribution in [1.29, 1.82) is 0 Å². The number of benzene rings is 1. The van der Waals surface area contributed by atoms with Gasteiger partial charge in [-0.2, -0.15) is 0 Å². The van der Waals surface area contributed by atoms with Gasteiger partial charge in [0.15, 0.2) is 0 Å². The van der Waals surface area contributed by atoms with Gasteiger partial charge >= 0.3 is 7.12 Å². The fourth-order valence-corrected chi connectivity index (χ4v) is 2.90. The number of rotatable bonds is 2. The average molecular weight is 287 g/mol. The largest absolute Gasteiger partial charge is 0.515 e. The smallest absolute Gasteiger partial charge is 0.398 e. The van der Waals surface area contributed by atoms with Crippen LogP contribution in [-0.4, -0.2) is 23.3 Å². The quantitative estimate of drug-likeness (QED) is 0.795. The maximum absolute atomic E-state index is 6.02. The van der Waals surface area contributed by atoms with Crippen molar-refractivity contribution < 1.29 is 9.31 Å². The lowest BCUT2D eigenvalue weighted by molar-refractivity contribution is 0.00578. The fourth-order valence-electron chi connectivity index (χ4n) is 2.07. The molecule has 1 aromatic heterocycles. The van der Waals surface area contributed by atoms with E-state index < -0.39 is 0 Å². The van der Waals surface area contributed by atoms with Crippen LogP contribution in [0.3, 0.4) is 0 Å². The minimum Gasteiger partial charge on any atom is -0.398 e. The molecule has 2 heterocycles. The van der Waals surface area contributed by atoms with E-state index in [0.717, 1.165) is 16.2 Å². The van der Waals surface area contributed by atoms with Crippen LogP contribution in [0, 0.1) is 0 Å². The van der Waals surface area contributed by atoms with Crippen LogP contribution in [0.5, 0.6) is 0 Å². The fraction of sp³-hybridized carbons (Fsp3) is 0.400. The van der Waals surface area contributed by atoms with Crippen LogP contribution in [0.25, 0.3) is 10.6 Å². The summed E-state index contributed by atoms with van der Waals surface area (Å²) in [6, 6.07) is 10.2. The molecule has 0 atom stereocenters. The first kappa shape index (κ1) is 13.8. The normalized spacial score (nSPS) is 20.3. The summed E-state index contributed by atoms with van der Waals surface area (Å²) in [6.45, 7) is 8.21. The molecule has 0 saturated carbocycles. The minimum absolute atomic E-state index is 0.325. The Morgan fingerprint density at radius 1 is 1.00 bits per heavy atom. The van der Waals surface area contributed by atoms with E-state index in [4.69, 9.17) is 9.31 Å². The molecule has 0 unspecified atom stereocenters. The Hall–Kier alpha value is -1.17. The second-order valence-electron chi connectivity index (χ2n) is 6.03. The summed E-state index contributed by atoms with van der Waals surface area (Å²) in [5.74, 6) is 0. The second-order valence-corrected chi connectivity index (χ2v) is 6.89. The molecule has 3 rings (SSSR count). The van der Waals surface area contributed by atoms with Gasteiger partial charge in [0.05, 0.1) is 16.8 Å². The third kappa shape index (κ3) is 2.30. The lowest BCUT2D eigenvalue weighted by Gasteiger charge is -2.32. The highest BCUT2D eigenvalue weighted by Crippen LogP contribution is 2.36. The van der Waals surface area contributed by atoms with Gasteiger partial charge in [-0.15, -0.1) is 11.3 Å². The van der Waals surface area contributed by atoms with E-state index in [1.165, 1.54) is 0 Å². The van der Waals surface area contributed by atoms with Crippen LogP contribution in [0.4, 0.5) is 0 Å². The first-order valence-electron chi connectivity index (χ1n) is 6.75. The van der Waals surface area contributed by atoms with Crippen LogP contribution in [-0.2, 0) is 9.31 Å². The summed E-state index contributed by atoms with van der Waals surface area (Å²) in [7, 11) is -0.381. The molecule has 20 heavy (non-hydrogen) atoms. The molecule has 1 aromatic carbocycles. The number of thiazole rings is 1. The second kappa shape index (κ2) is 4.69. The average Bonchev–Trinajstić information content (AvgIpc) is 2.94. The molecule has 104 valence electrons. The molecule has 1 fully saturated rings. The van der Waals surface area contributed by atoms with Gasteiger partial charge in [0.25, 0.3) is 0 Å². The van der Waals surface area contributed by atoms with Gasteiger partial charge in [-0.1, -0.05) is 30.3 Å². The van der Waals surface area contributed by atoms with E-state index >= 15 is 0 Å². The lowest BCUT2D eigenvalue weighted by atomic mass is 9.86. The van der Waals surface area contributed by atoms with E-state index in [9.17, 15) is 0 Å². The van der Waals surface area contributed by atoms with Crippen molar-refractivity contribution in [1.82, 2.24) is 4.98 Å². The van der Waals surface area contributed by atoms with Gasteiger partial charge in [0.2, 0.25) is 0 Å². The Morgan fingerprint density at radius 3 is 2.20 bits per heavy atom. The number of aromatic nitrogens is 1. The summed E-state index contributed by atoms with van der Waals surface area (Å²) < 4.78 is 12.0. The monoisotopic (exact) mass is 287 g/mol. The Balaban J connectivity index is 1.86. The standard InChI is InChI=1S/C15H18BNO2S/c1-14(2)15(3,4)19-16(18-14)12-10-20-13(17-12)11-8-6-5-7-9-11/h5-10H,1-4H3. The molecule has 0 aliphatic carbocycles. The van der Waals surface area contributed by atoms with Crippen LogP contribution >= 0.6 is 11.3 Å². The highest BCUT2D eigenvalue weighted by atomic mass is 32.1. The predicted molar refractivity (Wildman–Crippen MR) is 83.3 cm³/mol. The first-order chi connectivity index (χ1) is 9.39. The van der Waals surface area contributed by atoms with Crippen molar-refractivity contribution in [2.24, 2.45) is 0 Å². The van der Waals surface area contributed by atoms with E-state index in [-0.39, 0.29) is 18.3 Å². The van der Waals surface area contributed by atoms with Gasteiger partial charge in [-0.3, -0.25) is 0 Å². The molecule has 1 aliphatic heterocycles. The maximum Gasteiger partial charge on any atom is 0.515 e. The highest BCUT2D eigenvalue weighted by molar-refractivity contribution is 7.14.